The lowest BCUT2D eigenvalue weighted by Gasteiger charge is -2.13. The fraction of sp³-hybridized carbons (Fsp3) is 0.917. The second-order valence-corrected chi connectivity index (χ2v) is 6.54. The van der Waals surface area contributed by atoms with Crippen LogP contribution in [0.5, 0.6) is 0 Å². The van der Waals surface area contributed by atoms with Crippen molar-refractivity contribution >= 4 is 16.8 Å². The van der Waals surface area contributed by atoms with Crippen LogP contribution in [0.25, 0.3) is 0 Å². The predicted octanol–water partition coefficient (Wildman–Crippen LogP) is 1.50. The molecule has 4 nitrogen and oxygen atoms in total. The summed E-state index contributed by atoms with van der Waals surface area (Å²) in [6, 6.07) is 0. The Hall–Kier alpha value is -0.420. The van der Waals surface area contributed by atoms with Gasteiger partial charge in [-0.1, -0.05) is 0 Å². The first-order valence-corrected chi connectivity index (χ1v) is 7.50. The van der Waals surface area contributed by atoms with Gasteiger partial charge in [0.2, 0.25) is 0 Å². The van der Waals surface area contributed by atoms with E-state index in [0.717, 1.165) is 12.8 Å². The molecule has 0 aromatic heterocycles. The second-order valence-electron chi connectivity index (χ2n) is 4.96. The molecule has 1 aliphatic rings. The third kappa shape index (κ3) is 5.64. The molecule has 0 aromatic carbocycles. The maximum atomic E-state index is 11.8. The van der Waals surface area contributed by atoms with Gasteiger partial charge < -0.3 is 9.47 Å². The van der Waals surface area contributed by atoms with E-state index in [1.807, 2.05) is 13.8 Å². The molecule has 0 heterocycles. The first-order valence-electron chi connectivity index (χ1n) is 6.01. The molecule has 5 heteroatoms. The Balaban J connectivity index is 2.24. The van der Waals surface area contributed by atoms with Crippen molar-refractivity contribution in [2.24, 2.45) is 5.41 Å². The first kappa shape index (κ1) is 14.6. The van der Waals surface area contributed by atoms with Crippen LogP contribution in [0.1, 0.15) is 33.1 Å². The largest absolute Gasteiger partial charge is 0.469 e. The third-order valence-corrected chi connectivity index (χ3v) is 4.49. The fourth-order valence-electron chi connectivity index (χ4n) is 1.72. The van der Waals surface area contributed by atoms with Crippen molar-refractivity contribution in [3.8, 4) is 0 Å². The quantitative estimate of drug-likeness (QED) is 0.622. The average molecular weight is 262 g/mol. The SMILES string of the molecule is COC(=O)CC1(CS(=O)CCOC(C)C)CC1. The third-order valence-electron chi connectivity index (χ3n) is 2.93. The van der Waals surface area contributed by atoms with E-state index in [1.165, 1.54) is 7.11 Å². The number of esters is 1. The van der Waals surface area contributed by atoms with Crippen LogP contribution in [-0.4, -0.2) is 41.5 Å². The molecule has 1 atom stereocenters. The van der Waals surface area contributed by atoms with Gasteiger partial charge in [0.1, 0.15) is 0 Å². The Morgan fingerprint density at radius 3 is 2.53 bits per heavy atom. The van der Waals surface area contributed by atoms with E-state index in [0.29, 0.717) is 24.5 Å². The molecule has 1 rings (SSSR count). The molecule has 1 unspecified atom stereocenters. The highest BCUT2D eigenvalue weighted by molar-refractivity contribution is 7.85. The summed E-state index contributed by atoms with van der Waals surface area (Å²) in [5.74, 6) is 0.961. The number of carbonyl (C=O) groups excluding carboxylic acids is 1. The van der Waals surface area contributed by atoms with E-state index in [-0.39, 0.29) is 17.5 Å². The minimum atomic E-state index is -0.895. The minimum absolute atomic E-state index is 0.0458. The van der Waals surface area contributed by atoms with Gasteiger partial charge in [-0.25, -0.2) is 0 Å². The van der Waals surface area contributed by atoms with E-state index in [9.17, 15) is 9.00 Å². The van der Waals surface area contributed by atoms with Crippen molar-refractivity contribution < 1.29 is 18.5 Å². The maximum absolute atomic E-state index is 11.8. The van der Waals surface area contributed by atoms with Crippen molar-refractivity contribution in [1.29, 1.82) is 0 Å². The zero-order valence-corrected chi connectivity index (χ0v) is 11.7. The second kappa shape index (κ2) is 6.50. The normalized spacial score (nSPS) is 19.1. The van der Waals surface area contributed by atoms with Gasteiger partial charge in [-0.3, -0.25) is 9.00 Å². The van der Waals surface area contributed by atoms with E-state index < -0.39 is 10.8 Å². The number of rotatable bonds is 8. The van der Waals surface area contributed by atoms with E-state index in [2.05, 4.69) is 4.74 Å². The fourth-order valence-corrected chi connectivity index (χ4v) is 3.22. The van der Waals surface area contributed by atoms with Gasteiger partial charge in [-0.05, 0) is 32.1 Å². The number of hydrogen-bond acceptors (Lipinski definition) is 4. The number of ether oxygens (including phenoxy) is 2. The van der Waals surface area contributed by atoms with Crippen LogP contribution in [0.2, 0.25) is 0 Å². The van der Waals surface area contributed by atoms with Crippen molar-refractivity contribution in [1.82, 2.24) is 0 Å². The number of hydrogen-bond donors (Lipinski definition) is 0. The van der Waals surface area contributed by atoms with Gasteiger partial charge in [0, 0.05) is 22.3 Å². The molecular formula is C12H22O4S. The van der Waals surface area contributed by atoms with Gasteiger partial charge in [0.15, 0.2) is 0 Å². The molecule has 0 N–H and O–H groups in total. The predicted molar refractivity (Wildman–Crippen MR) is 67.3 cm³/mol. The van der Waals surface area contributed by atoms with Crippen molar-refractivity contribution in [2.75, 3.05) is 25.2 Å². The van der Waals surface area contributed by atoms with Gasteiger partial charge in [-0.15, -0.1) is 0 Å². The summed E-state index contributed by atoms with van der Waals surface area (Å²) in [6.07, 6.45) is 2.55. The molecule has 0 spiro atoms. The van der Waals surface area contributed by atoms with Crippen LogP contribution in [0.4, 0.5) is 0 Å². The Morgan fingerprint density at radius 2 is 2.06 bits per heavy atom. The van der Waals surface area contributed by atoms with Crippen LogP contribution in [-0.2, 0) is 25.1 Å². The summed E-state index contributed by atoms with van der Waals surface area (Å²) in [7, 11) is 0.500. The van der Waals surface area contributed by atoms with Crippen molar-refractivity contribution in [3.05, 3.63) is 0 Å². The molecule has 1 aliphatic carbocycles. The molecule has 1 saturated carbocycles. The van der Waals surface area contributed by atoms with E-state index in [4.69, 9.17) is 4.74 Å². The van der Waals surface area contributed by atoms with Crippen molar-refractivity contribution in [3.63, 3.8) is 0 Å². The topological polar surface area (TPSA) is 52.6 Å². The lowest BCUT2D eigenvalue weighted by molar-refractivity contribution is -0.141. The van der Waals surface area contributed by atoms with Crippen LogP contribution < -0.4 is 0 Å². The van der Waals surface area contributed by atoms with E-state index in [1.54, 1.807) is 0 Å². The smallest absolute Gasteiger partial charge is 0.306 e. The van der Waals surface area contributed by atoms with Crippen molar-refractivity contribution in [2.45, 2.75) is 39.2 Å². The zero-order chi connectivity index (χ0) is 12.9. The van der Waals surface area contributed by atoms with E-state index >= 15 is 0 Å². The average Bonchev–Trinajstić information content (AvgIpc) is 2.96. The Kier molecular flexibility index (Phi) is 5.59. The Bertz CT molecular complexity index is 284. The summed E-state index contributed by atoms with van der Waals surface area (Å²) in [4.78, 5) is 11.2. The summed E-state index contributed by atoms with van der Waals surface area (Å²) < 4.78 is 21.9. The molecule has 0 aliphatic heterocycles. The number of methoxy groups -OCH3 is 1. The molecule has 0 aromatic rings. The molecule has 1 fully saturated rings. The first-order chi connectivity index (χ1) is 7.97. The lowest BCUT2D eigenvalue weighted by Crippen LogP contribution is -2.21. The van der Waals surface area contributed by atoms with Crippen LogP contribution in [0, 0.1) is 5.41 Å². The maximum Gasteiger partial charge on any atom is 0.306 e. The standard InChI is InChI=1S/C12H22O4S/c1-10(2)16-6-7-17(14)9-12(4-5-12)8-11(13)15-3/h10H,4-9H2,1-3H3. The highest BCUT2D eigenvalue weighted by Gasteiger charge is 2.45. The van der Waals surface area contributed by atoms with Gasteiger partial charge in [-0.2, -0.15) is 0 Å². The van der Waals surface area contributed by atoms with Crippen LogP contribution >= 0.6 is 0 Å². The minimum Gasteiger partial charge on any atom is -0.469 e. The highest BCUT2D eigenvalue weighted by atomic mass is 32.2. The van der Waals surface area contributed by atoms with Crippen LogP contribution in [0.15, 0.2) is 0 Å². The molecular weight excluding hydrogens is 240 g/mol. The summed E-state index contributed by atoms with van der Waals surface area (Å²) >= 11 is 0. The molecule has 100 valence electrons. The molecule has 0 saturated heterocycles. The molecule has 0 radical (unpaired) electrons. The zero-order valence-electron chi connectivity index (χ0n) is 10.9. The Morgan fingerprint density at radius 1 is 1.41 bits per heavy atom. The monoisotopic (exact) mass is 262 g/mol. The lowest BCUT2D eigenvalue weighted by atomic mass is 10.1. The highest BCUT2D eigenvalue weighted by Crippen LogP contribution is 2.49. The summed E-state index contributed by atoms with van der Waals surface area (Å²) in [6.45, 7) is 4.45. The number of carbonyl (C=O) groups is 1. The van der Waals surface area contributed by atoms with Gasteiger partial charge in [0.25, 0.3) is 0 Å². The van der Waals surface area contributed by atoms with Crippen LogP contribution in [0.3, 0.4) is 0 Å². The summed E-state index contributed by atoms with van der Waals surface area (Å²) in [5, 5.41) is 0. The summed E-state index contributed by atoms with van der Waals surface area (Å²) in [5.41, 5.74) is -0.0458. The van der Waals surface area contributed by atoms with Gasteiger partial charge >= 0.3 is 5.97 Å². The molecule has 17 heavy (non-hydrogen) atoms. The van der Waals surface area contributed by atoms with Gasteiger partial charge in [0.05, 0.1) is 26.2 Å². The Labute approximate surface area is 106 Å². The molecule has 0 bridgehead atoms. The molecule has 0 amide bonds.